The summed E-state index contributed by atoms with van der Waals surface area (Å²) in [5, 5.41) is 2.35. The molecule has 0 spiro atoms. The first-order valence-corrected chi connectivity index (χ1v) is 13.6. The van der Waals surface area contributed by atoms with Crippen molar-refractivity contribution in [2.24, 2.45) is 0 Å². The molecule has 0 amide bonds. The van der Waals surface area contributed by atoms with E-state index in [-0.39, 0.29) is 0 Å². The molecule has 7 aromatic rings. The van der Waals surface area contributed by atoms with Crippen LogP contribution in [0.2, 0.25) is 0 Å². The lowest BCUT2D eigenvalue weighted by Gasteiger charge is -2.10. The Morgan fingerprint density at radius 1 is 0.366 bits per heavy atom. The minimum absolute atomic E-state index is 0.650. The Bertz CT molecular complexity index is 1930. The molecule has 0 aliphatic carbocycles. The van der Waals surface area contributed by atoms with Gasteiger partial charge in [0.15, 0.2) is 17.5 Å². The molecular weight excluding hydrogens is 500 g/mol. The van der Waals surface area contributed by atoms with E-state index in [4.69, 9.17) is 15.0 Å². The Labute approximate surface area is 239 Å². The largest absolute Gasteiger partial charge is 0.261 e. The van der Waals surface area contributed by atoms with Crippen molar-refractivity contribution in [3.63, 3.8) is 0 Å². The highest BCUT2D eigenvalue weighted by Gasteiger charge is 2.13. The molecule has 0 aliphatic rings. The van der Waals surface area contributed by atoms with E-state index in [0.717, 1.165) is 38.9 Å². The van der Waals surface area contributed by atoms with Crippen LogP contribution >= 0.6 is 0 Å². The van der Waals surface area contributed by atoms with Gasteiger partial charge in [-0.15, -0.1) is 0 Å². The normalized spacial score (nSPS) is 11.0. The van der Waals surface area contributed by atoms with Crippen molar-refractivity contribution < 1.29 is 0 Å². The Kier molecular flexibility index (Phi) is 6.34. The Morgan fingerprint density at radius 3 is 1.46 bits per heavy atom. The maximum Gasteiger partial charge on any atom is 0.164 e. The van der Waals surface area contributed by atoms with Gasteiger partial charge in [0.2, 0.25) is 0 Å². The lowest BCUT2D eigenvalue weighted by Crippen LogP contribution is -2.00. The van der Waals surface area contributed by atoms with Crippen molar-refractivity contribution in [1.29, 1.82) is 0 Å². The number of rotatable bonds is 5. The van der Waals surface area contributed by atoms with Crippen molar-refractivity contribution in [2.75, 3.05) is 0 Å². The Balaban J connectivity index is 1.25. The van der Waals surface area contributed by atoms with E-state index >= 15 is 0 Å². The van der Waals surface area contributed by atoms with Crippen LogP contribution in [0, 0.1) is 6.92 Å². The van der Waals surface area contributed by atoms with Gasteiger partial charge in [-0.05, 0) is 52.8 Å². The van der Waals surface area contributed by atoms with Crippen LogP contribution in [0.15, 0.2) is 140 Å². The number of fused-ring (bicyclic) bond motifs is 1. The monoisotopic (exact) mass is 526 g/mol. The molecule has 0 unspecified atom stereocenters. The molecule has 4 nitrogen and oxygen atoms in total. The van der Waals surface area contributed by atoms with E-state index in [1.807, 2.05) is 73.8 Å². The zero-order valence-electron chi connectivity index (χ0n) is 22.6. The van der Waals surface area contributed by atoms with E-state index in [2.05, 4.69) is 77.8 Å². The van der Waals surface area contributed by atoms with Crippen molar-refractivity contribution in [1.82, 2.24) is 19.9 Å². The van der Waals surface area contributed by atoms with Crippen molar-refractivity contribution in [2.45, 2.75) is 6.92 Å². The van der Waals surface area contributed by atoms with Crippen molar-refractivity contribution >= 4 is 10.8 Å². The van der Waals surface area contributed by atoms with Gasteiger partial charge in [-0.1, -0.05) is 115 Å². The van der Waals surface area contributed by atoms with Crippen molar-refractivity contribution in [3.05, 3.63) is 145 Å². The lowest BCUT2D eigenvalue weighted by atomic mass is 9.98. The molecule has 7 rings (SSSR count). The molecule has 5 aromatic carbocycles. The predicted octanol–water partition coefficient (Wildman–Crippen LogP) is 9.06. The smallest absolute Gasteiger partial charge is 0.164 e. The summed E-state index contributed by atoms with van der Waals surface area (Å²) in [6.45, 7) is 2.02. The fourth-order valence-corrected chi connectivity index (χ4v) is 5.06. The summed E-state index contributed by atoms with van der Waals surface area (Å²) in [5.74, 6) is 1.97. The second-order valence-electron chi connectivity index (χ2n) is 10.1. The number of nitrogens with zero attached hydrogens (tertiary/aromatic N) is 4. The van der Waals surface area contributed by atoms with Gasteiger partial charge in [-0.3, -0.25) is 4.98 Å². The van der Waals surface area contributed by atoms with E-state index in [1.54, 1.807) is 0 Å². The molecule has 194 valence electrons. The van der Waals surface area contributed by atoms with E-state index in [0.29, 0.717) is 17.5 Å². The third-order valence-corrected chi connectivity index (χ3v) is 7.23. The second-order valence-corrected chi connectivity index (χ2v) is 10.1. The van der Waals surface area contributed by atoms with Gasteiger partial charge in [0.1, 0.15) is 0 Å². The summed E-state index contributed by atoms with van der Waals surface area (Å²) in [5.41, 5.74) is 8.50. The first-order valence-electron chi connectivity index (χ1n) is 13.6. The molecule has 0 aliphatic heterocycles. The molecule has 0 N–H and O–H groups in total. The van der Waals surface area contributed by atoms with Gasteiger partial charge < -0.3 is 0 Å². The summed E-state index contributed by atoms with van der Waals surface area (Å²) >= 11 is 0. The minimum Gasteiger partial charge on any atom is -0.261 e. The first-order chi connectivity index (χ1) is 20.2. The molecule has 4 heteroatoms. The Morgan fingerprint density at radius 2 is 0.854 bits per heavy atom. The Hall–Kier alpha value is -5.48. The maximum absolute atomic E-state index is 4.89. The molecule has 0 fully saturated rings. The average Bonchev–Trinajstić information content (AvgIpc) is 3.05. The molecule has 0 radical (unpaired) electrons. The van der Waals surface area contributed by atoms with Crippen LogP contribution in [-0.4, -0.2) is 19.9 Å². The van der Waals surface area contributed by atoms with Gasteiger partial charge in [0.05, 0.1) is 0 Å². The summed E-state index contributed by atoms with van der Waals surface area (Å²) in [6, 6.07) is 45.9. The third kappa shape index (κ3) is 5.11. The molecule has 0 bridgehead atoms. The third-order valence-electron chi connectivity index (χ3n) is 7.23. The fourth-order valence-electron chi connectivity index (χ4n) is 5.06. The SMILES string of the molecule is Cc1cc2cc(-c3ccc(-c4cccc(-c5nc(-c6ccccc6)nc(-c6ccccc6)n5)c4)cc3)ccc2cn1. The zero-order valence-corrected chi connectivity index (χ0v) is 22.6. The quantitative estimate of drug-likeness (QED) is 0.224. The number of aryl methyl sites for hydroxylation is 1. The van der Waals surface area contributed by atoms with Crippen LogP contribution in [0.25, 0.3) is 67.2 Å². The fraction of sp³-hybridized carbons (Fsp3) is 0.0270. The summed E-state index contributed by atoms with van der Waals surface area (Å²) in [4.78, 5) is 19.0. The molecule has 2 aromatic heterocycles. The molecule has 2 heterocycles. The second kappa shape index (κ2) is 10.6. The standard InChI is InChI=1S/C37H26N4/c1-25-21-34-23-31(19-20-33(34)24-38-25)27-17-15-26(16-18-27)30-13-8-14-32(22-30)37-40-35(28-9-4-2-5-10-28)39-36(41-37)29-11-6-3-7-12-29/h2-24H,1H3. The van der Waals surface area contributed by atoms with Crippen molar-refractivity contribution in [3.8, 4) is 56.4 Å². The summed E-state index contributed by atoms with van der Waals surface area (Å²) < 4.78 is 0. The molecule has 0 saturated carbocycles. The van der Waals surface area contributed by atoms with Gasteiger partial charge >= 0.3 is 0 Å². The van der Waals surface area contributed by atoms with E-state index in [9.17, 15) is 0 Å². The topological polar surface area (TPSA) is 51.6 Å². The van der Waals surface area contributed by atoms with E-state index < -0.39 is 0 Å². The van der Waals surface area contributed by atoms with Gasteiger partial charge in [0, 0.05) is 34.0 Å². The van der Waals surface area contributed by atoms with Crippen LogP contribution in [0.1, 0.15) is 5.69 Å². The predicted molar refractivity (Wildman–Crippen MR) is 167 cm³/mol. The number of hydrogen-bond acceptors (Lipinski definition) is 4. The highest BCUT2D eigenvalue weighted by Crippen LogP contribution is 2.30. The molecule has 0 atom stereocenters. The van der Waals surface area contributed by atoms with Crippen LogP contribution in [-0.2, 0) is 0 Å². The number of aromatic nitrogens is 4. The summed E-state index contributed by atoms with van der Waals surface area (Å²) in [7, 11) is 0. The minimum atomic E-state index is 0.650. The van der Waals surface area contributed by atoms with E-state index in [1.165, 1.54) is 16.5 Å². The summed E-state index contributed by atoms with van der Waals surface area (Å²) in [6.07, 6.45) is 1.93. The lowest BCUT2D eigenvalue weighted by molar-refractivity contribution is 1.07. The number of pyridine rings is 1. The maximum atomic E-state index is 4.89. The van der Waals surface area contributed by atoms with Crippen LogP contribution < -0.4 is 0 Å². The number of benzene rings is 5. The highest BCUT2D eigenvalue weighted by atomic mass is 15.0. The van der Waals surface area contributed by atoms with Crippen LogP contribution in [0.5, 0.6) is 0 Å². The average molecular weight is 527 g/mol. The first kappa shape index (κ1) is 24.6. The van der Waals surface area contributed by atoms with Gasteiger partial charge in [-0.2, -0.15) is 0 Å². The zero-order chi connectivity index (χ0) is 27.6. The van der Waals surface area contributed by atoms with Crippen LogP contribution in [0.3, 0.4) is 0 Å². The number of hydrogen-bond donors (Lipinski definition) is 0. The highest BCUT2D eigenvalue weighted by molar-refractivity contribution is 5.87. The van der Waals surface area contributed by atoms with Gasteiger partial charge in [0.25, 0.3) is 0 Å². The van der Waals surface area contributed by atoms with Gasteiger partial charge in [-0.25, -0.2) is 15.0 Å². The van der Waals surface area contributed by atoms with Crippen LogP contribution in [0.4, 0.5) is 0 Å². The molecular formula is C37H26N4. The molecule has 41 heavy (non-hydrogen) atoms. The molecule has 0 saturated heterocycles.